The summed E-state index contributed by atoms with van der Waals surface area (Å²) in [6.45, 7) is 0. The number of nitrogens with one attached hydrogen (secondary N) is 2. The Morgan fingerprint density at radius 1 is 1.23 bits per heavy atom. The van der Waals surface area contributed by atoms with E-state index in [1.54, 1.807) is 6.07 Å². The fraction of sp³-hybridized carbons (Fsp3) is 0.190. The van der Waals surface area contributed by atoms with Gasteiger partial charge in [0.2, 0.25) is 11.8 Å². The number of amides is 2. The predicted molar refractivity (Wildman–Crippen MR) is 107 cm³/mol. The number of hydrogen-bond donors (Lipinski definition) is 2. The van der Waals surface area contributed by atoms with Crippen LogP contribution >= 0.6 is 11.8 Å². The van der Waals surface area contributed by atoms with E-state index < -0.39 is 35.3 Å². The first-order valence-electron chi connectivity index (χ1n) is 8.97. The first-order chi connectivity index (χ1) is 14.7. The number of alkyl halides is 3. The van der Waals surface area contributed by atoms with Gasteiger partial charge in [-0.05, 0) is 29.8 Å². The number of benzene rings is 2. The SMILES string of the molecule is N#CC1=C(SCC(=O)Nc2cccc(C(F)(F)F)c2)NC(=O)CC1c1ccccc1F. The number of hydrogen-bond acceptors (Lipinski definition) is 4. The Hall–Kier alpha value is -3.32. The van der Waals surface area contributed by atoms with Crippen LogP contribution in [0.15, 0.2) is 59.1 Å². The van der Waals surface area contributed by atoms with Crippen molar-refractivity contribution in [3.05, 3.63) is 76.1 Å². The molecule has 1 atom stereocenters. The number of rotatable bonds is 5. The highest BCUT2D eigenvalue weighted by atomic mass is 32.2. The third-order valence-electron chi connectivity index (χ3n) is 4.46. The summed E-state index contributed by atoms with van der Waals surface area (Å²) in [6.07, 6.45) is -4.67. The lowest BCUT2D eigenvalue weighted by atomic mass is 9.87. The molecule has 2 aromatic rings. The van der Waals surface area contributed by atoms with Gasteiger partial charge in [-0.15, -0.1) is 0 Å². The molecular formula is C21H15F4N3O2S. The topological polar surface area (TPSA) is 82.0 Å². The van der Waals surface area contributed by atoms with E-state index in [0.717, 1.165) is 23.9 Å². The predicted octanol–water partition coefficient (Wildman–Crippen LogP) is 4.56. The Labute approximate surface area is 179 Å². The smallest absolute Gasteiger partial charge is 0.325 e. The van der Waals surface area contributed by atoms with Gasteiger partial charge in [-0.1, -0.05) is 36.0 Å². The van der Waals surface area contributed by atoms with E-state index in [2.05, 4.69) is 10.6 Å². The molecule has 31 heavy (non-hydrogen) atoms. The molecule has 1 heterocycles. The molecule has 5 nitrogen and oxygen atoms in total. The summed E-state index contributed by atoms with van der Waals surface area (Å²) in [5, 5.41) is 14.6. The van der Waals surface area contributed by atoms with Crippen molar-refractivity contribution in [2.45, 2.75) is 18.5 Å². The zero-order valence-corrected chi connectivity index (χ0v) is 16.6. The summed E-state index contributed by atoms with van der Waals surface area (Å²) >= 11 is 0.844. The summed E-state index contributed by atoms with van der Waals surface area (Å²) in [4.78, 5) is 24.3. The van der Waals surface area contributed by atoms with E-state index in [4.69, 9.17) is 0 Å². The Kier molecular flexibility index (Phi) is 6.65. The Balaban J connectivity index is 1.75. The summed E-state index contributed by atoms with van der Waals surface area (Å²) in [7, 11) is 0. The van der Waals surface area contributed by atoms with Crippen LogP contribution in [0.4, 0.5) is 23.2 Å². The van der Waals surface area contributed by atoms with Gasteiger partial charge in [0.15, 0.2) is 0 Å². The molecule has 2 amide bonds. The quantitative estimate of drug-likeness (QED) is 0.656. The highest BCUT2D eigenvalue weighted by Gasteiger charge is 2.32. The molecule has 0 bridgehead atoms. The zero-order valence-electron chi connectivity index (χ0n) is 15.8. The first kappa shape index (κ1) is 22.4. The van der Waals surface area contributed by atoms with Crippen molar-refractivity contribution >= 4 is 29.3 Å². The third kappa shape index (κ3) is 5.44. The second-order valence-electron chi connectivity index (χ2n) is 6.60. The van der Waals surface area contributed by atoms with Crippen LogP contribution in [0, 0.1) is 17.1 Å². The van der Waals surface area contributed by atoms with Crippen molar-refractivity contribution in [2.75, 3.05) is 11.1 Å². The van der Waals surface area contributed by atoms with Gasteiger partial charge in [0.25, 0.3) is 0 Å². The average Bonchev–Trinajstić information content (AvgIpc) is 2.72. The highest BCUT2D eigenvalue weighted by molar-refractivity contribution is 8.03. The lowest BCUT2D eigenvalue weighted by molar-refractivity contribution is -0.137. The summed E-state index contributed by atoms with van der Waals surface area (Å²) < 4.78 is 52.6. The molecule has 3 rings (SSSR count). The van der Waals surface area contributed by atoms with Crippen LogP contribution in [0.1, 0.15) is 23.5 Å². The standard InChI is InChI=1S/C21H15F4N3O2S/c22-17-7-2-1-6-14(17)15-9-18(29)28-20(16(15)10-26)31-11-19(30)27-13-5-3-4-12(8-13)21(23,24)25/h1-8,15H,9,11H2,(H,27,30)(H,28,29). The molecular weight excluding hydrogens is 434 g/mol. The summed E-state index contributed by atoms with van der Waals surface area (Å²) in [6, 6.07) is 11.9. The van der Waals surface area contributed by atoms with Gasteiger partial charge in [-0.3, -0.25) is 9.59 Å². The molecule has 0 saturated heterocycles. The molecule has 0 aromatic heterocycles. The van der Waals surface area contributed by atoms with Crippen molar-refractivity contribution in [3.63, 3.8) is 0 Å². The van der Waals surface area contributed by atoms with Gasteiger partial charge in [-0.25, -0.2) is 4.39 Å². The maximum Gasteiger partial charge on any atom is 0.416 e. The van der Waals surface area contributed by atoms with E-state index in [1.807, 2.05) is 6.07 Å². The summed E-state index contributed by atoms with van der Waals surface area (Å²) in [5.74, 6) is -2.69. The van der Waals surface area contributed by atoms with Gasteiger partial charge < -0.3 is 10.6 Å². The van der Waals surface area contributed by atoms with E-state index in [1.165, 1.54) is 30.3 Å². The minimum atomic E-state index is -4.55. The number of nitrogens with zero attached hydrogens (tertiary/aromatic N) is 1. The Morgan fingerprint density at radius 2 is 1.97 bits per heavy atom. The van der Waals surface area contributed by atoms with Crippen molar-refractivity contribution in [2.24, 2.45) is 0 Å². The van der Waals surface area contributed by atoms with Crippen molar-refractivity contribution in [3.8, 4) is 6.07 Å². The van der Waals surface area contributed by atoms with Gasteiger partial charge in [-0.2, -0.15) is 18.4 Å². The second-order valence-corrected chi connectivity index (χ2v) is 7.58. The number of allylic oxidation sites excluding steroid dienone is 1. The third-order valence-corrected chi connectivity index (χ3v) is 5.48. The number of thioether (sulfide) groups is 1. The normalized spacial score (nSPS) is 16.5. The molecule has 1 unspecified atom stereocenters. The number of anilines is 1. The van der Waals surface area contributed by atoms with Crippen LogP contribution in [-0.2, 0) is 15.8 Å². The minimum Gasteiger partial charge on any atom is -0.325 e. The van der Waals surface area contributed by atoms with Crippen LogP contribution < -0.4 is 10.6 Å². The van der Waals surface area contributed by atoms with Crippen LogP contribution in [0.5, 0.6) is 0 Å². The largest absolute Gasteiger partial charge is 0.416 e. The molecule has 2 aromatic carbocycles. The monoisotopic (exact) mass is 449 g/mol. The number of carbonyl (C=O) groups is 2. The van der Waals surface area contributed by atoms with Gasteiger partial charge >= 0.3 is 6.18 Å². The van der Waals surface area contributed by atoms with E-state index in [0.29, 0.717) is 0 Å². The van der Waals surface area contributed by atoms with E-state index in [-0.39, 0.29) is 34.0 Å². The van der Waals surface area contributed by atoms with Crippen LogP contribution in [0.2, 0.25) is 0 Å². The maximum absolute atomic E-state index is 14.2. The number of nitriles is 1. The van der Waals surface area contributed by atoms with Gasteiger partial charge in [0.05, 0.1) is 28.0 Å². The number of halogens is 4. The highest BCUT2D eigenvalue weighted by Crippen LogP contribution is 2.37. The fourth-order valence-electron chi connectivity index (χ4n) is 3.06. The van der Waals surface area contributed by atoms with Crippen LogP contribution in [-0.4, -0.2) is 17.6 Å². The average molecular weight is 449 g/mol. The van der Waals surface area contributed by atoms with Crippen molar-refractivity contribution < 1.29 is 27.2 Å². The van der Waals surface area contributed by atoms with Crippen molar-refractivity contribution in [1.82, 2.24) is 5.32 Å². The van der Waals surface area contributed by atoms with Crippen molar-refractivity contribution in [1.29, 1.82) is 5.26 Å². The minimum absolute atomic E-state index is 0.0353. The Bertz CT molecular complexity index is 1090. The zero-order chi connectivity index (χ0) is 22.6. The fourth-order valence-corrected chi connectivity index (χ4v) is 3.94. The van der Waals surface area contributed by atoms with Crippen LogP contribution in [0.25, 0.3) is 0 Å². The van der Waals surface area contributed by atoms with E-state index in [9.17, 15) is 32.4 Å². The first-order valence-corrected chi connectivity index (χ1v) is 9.96. The lowest BCUT2D eigenvalue weighted by Crippen LogP contribution is -2.31. The summed E-state index contributed by atoms with van der Waals surface area (Å²) in [5.41, 5.74) is -0.631. The molecule has 0 spiro atoms. The second kappa shape index (κ2) is 9.22. The number of carbonyl (C=O) groups excluding carboxylic acids is 2. The molecule has 10 heteroatoms. The Morgan fingerprint density at radius 3 is 2.65 bits per heavy atom. The molecule has 0 saturated carbocycles. The molecule has 0 fully saturated rings. The van der Waals surface area contributed by atoms with E-state index >= 15 is 0 Å². The molecule has 1 aliphatic heterocycles. The van der Waals surface area contributed by atoms with Gasteiger partial charge in [0, 0.05) is 18.0 Å². The molecule has 0 radical (unpaired) electrons. The maximum atomic E-state index is 14.2. The van der Waals surface area contributed by atoms with Crippen LogP contribution in [0.3, 0.4) is 0 Å². The van der Waals surface area contributed by atoms with Gasteiger partial charge in [0.1, 0.15) is 5.82 Å². The lowest BCUT2D eigenvalue weighted by Gasteiger charge is -2.25. The molecule has 0 aliphatic carbocycles. The molecule has 1 aliphatic rings. The molecule has 160 valence electrons. The molecule has 2 N–H and O–H groups in total.